The lowest BCUT2D eigenvalue weighted by molar-refractivity contribution is -0.131. The summed E-state index contributed by atoms with van der Waals surface area (Å²) in [6.07, 6.45) is 0.385. The van der Waals surface area contributed by atoms with Gasteiger partial charge in [-0.05, 0) is 19.2 Å². The van der Waals surface area contributed by atoms with Crippen LogP contribution in [0.15, 0.2) is 24.3 Å². The van der Waals surface area contributed by atoms with Crippen LogP contribution in [0.25, 0.3) is 0 Å². The largest absolute Gasteiger partial charge is 0.486 e. The normalized spacial score (nSPS) is 16.2. The van der Waals surface area contributed by atoms with Gasteiger partial charge in [0.1, 0.15) is 6.61 Å². The second kappa shape index (κ2) is 7.97. The van der Waals surface area contributed by atoms with Gasteiger partial charge in [-0.15, -0.1) is 12.4 Å². The SMILES string of the molecule is CNCCC(=O)N(C)CC1COc2ccccc2O1.Cl. The smallest absolute Gasteiger partial charge is 0.223 e. The Morgan fingerprint density at radius 2 is 2.10 bits per heavy atom. The summed E-state index contributed by atoms with van der Waals surface area (Å²) < 4.78 is 11.4. The number of nitrogens with zero attached hydrogens (tertiary/aromatic N) is 1. The average Bonchev–Trinajstić information content (AvgIpc) is 2.44. The first-order valence-corrected chi connectivity index (χ1v) is 6.47. The van der Waals surface area contributed by atoms with Crippen molar-refractivity contribution in [3.8, 4) is 11.5 Å². The molecule has 1 heterocycles. The molecule has 0 bridgehead atoms. The highest BCUT2D eigenvalue weighted by atomic mass is 35.5. The molecule has 0 aromatic heterocycles. The van der Waals surface area contributed by atoms with E-state index >= 15 is 0 Å². The molecule has 0 saturated heterocycles. The van der Waals surface area contributed by atoms with Crippen LogP contribution in [-0.4, -0.2) is 50.7 Å². The van der Waals surface area contributed by atoms with Crippen LogP contribution in [0.1, 0.15) is 6.42 Å². The average molecular weight is 301 g/mol. The van der Waals surface area contributed by atoms with Gasteiger partial charge in [0.25, 0.3) is 0 Å². The van der Waals surface area contributed by atoms with Gasteiger partial charge in [0.2, 0.25) is 5.91 Å². The van der Waals surface area contributed by atoms with Crippen LogP contribution in [0.3, 0.4) is 0 Å². The van der Waals surface area contributed by atoms with E-state index in [-0.39, 0.29) is 24.4 Å². The van der Waals surface area contributed by atoms with Gasteiger partial charge in [0, 0.05) is 20.0 Å². The van der Waals surface area contributed by atoms with Crippen LogP contribution in [0.4, 0.5) is 0 Å². The van der Waals surface area contributed by atoms with Crippen LogP contribution in [0.2, 0.25) is 0 Å². The molecule has 20 heavy (non-hydrogen) atoms. The van der Waals surface area contributed by atoms with Gasteiger partial charge in [-0.3, -0.25) is 4.79 Å². The predicted octanol–water partition coefficient (Wildman–Crippen LogP) is 1.32. The quantitative estimate of drug-likeness (QED) is 0.891. The molecule has 5 nitrogen and oxygen atoms in total. The van der Waals surface area contributed by atoms with E-state index in [0.29, 0.717) is 26.1 Å². The molecule has 0 saturated carbocycles. The lowest BCUT2D eigenvalue weighted by atomic mass is 10.2. The van der Waals surface area contributed by atoms with Crippen molar-refractivity contribution in [1.29, 1.82) is 0 Å². The van der Waals surface area contributed by atoms with Crippen LogP contribution in [-0.2, 0) is 4.79 Å². The van der Waals surface area contributed by atoms with E-state index in [0.717, 1.165) is 11.5 Å². The van der Waals surface area contributed by atoms with Crippen molar-refractivity contribution in [3.05, 3.63) is 24.3 Å². The number of hydrogen-bond donors (Lipinski definition) is 1. The van der Waals surface area contributed by atoms with Gasteiger partial charge in [-0.25, -0.2) is 0 Å². The van der Waals surface area contributed by atoms with Gasteiger partial charge in [-0.1, -0.05) is 12.1 Å². The maximum atomic E-state index is 11.8. The Balaban J connectivity index is 0.00000200. The molecule has 1 aliphatic heterocycles. The molecule has 1 N–H and O–H groups in total. The lowest BCUT2D eigenvalue weighted by Gasteiger charge is -2.29. The summed E-state index contributed by atoms with van der Waals surface area (Å²) in [5.74, 6) is 1.62. The number of carbonyl (C=O) groups is 1. The molecule has 0 aliphatic carbocycles. The Bertz CT molecular complexity index is 442. The van der Waals surface area contributed by atoms with Gasteiger partial charge >= 0.3 is 0 Å². The summed E-state index contributed by atoms with van der Waals surface area (Å²) in [5, 5.41) is 2.97. The number of likely N-dealkylation sites (N-methyl/N-ethyl adjacent to an activating group) is 1. The molecular formula is C14H21ClN2O3. The second-order valence-corrected chi connectivity index (χ2v) is 4.63. The van der Waals surface area contributed by atoms with E-state index in [9.17, 15) is 4.79 Å². The number of halogens is 1. The number of carbonyl (C=O) groups excluding carboxylic acids is 1. The van der Waals surface area contributed by atoms with E-state index in [1.807, 2.05) is 31.3 Å². The van der Waals surface area contributed by atoms with Crippen molar-refractivity contribution in [1.82, 2.24) is 10.2 Å². The Hall–Kier alpha value is -1.46. The molecule has 1 aromatic carbocycles. The fraction of sp³-hybridized carbons (Fsp3) is 0.500. The molecule has 2 rings (SSSR count). The topological polar surface area (TPSA) is 50.8 Å². The third kappa shape index (κ3) is 4.28. The maximum absolute atomic E-state index is 11.8. The third-order valence-corrected chi connectivity index (χ3v) is 3.06. The molecule has 1 aromatic rings. The van der Waals surface area contributed by atoms with Gasteiger partial charge in [0.05, 0.1) is 6.54 Å². The summed E-state index contributed by atoms with van der Waals surface area (Å²) in [7, 11) is 3.63. The fourth-order valence-corrected chi connectivity index (χ4v) is 1.98. The number of hydrogen-bond acceptors (Lipinski definition) is 4. The van der Waals surface area contributed by atoms with Gasteiger partial charge in [0.15, 0.2) is 17.6 Å². The van der Waals surface area contributed by atoms with E-state index in [2.05, 4.69) is 5.32 Å². The molecule has 1 amide bonds. The first kappa shape index (κ1) is 16.6. The summed E-state index contributed by atoms with van der Waals surface area (Å²) in [6.45, 7) is 1.70. The first-order valence-electron chi connectivity index (χ1n) is 6.47. The van der Waals surface area contributed by atoms with Gasteiger partial charge in [-0.2, -0.15) is 0 Å². The molecule has 6 heteroatoms. The van der Waals surface area contributed by atoms with Gasteiger partial charge < -0.3 is 19.7 Å². The standard InChI is InChI=1S/C14H20N2O3.ClH/c1-15-8-7-14(17)16(2)9-11-10-18-12-5-3-4-6-13(12)19-11;/h3-6,11,15H,7-10H2,1-2H3;1H. The number of rotatable bonds is 5. The number of nitrogens with one attached hydrogen (secondary N) is 1. The van der Waals surface area contributed by atoms with E-state index in [1.165, 1.54) is 0 Å². The van der Waals surface area contributed by atoms with Crippen LogP contribution in [0, 0.1) is 0 Å². The minimum absolute atomic E-state index is 0. The van der Waals surface area contributed by atoms with Crippen LogP contribution < -0.4 is 14.8 Å². The minimum atomic E-state index is -0.113. The lowest BCUT2D eigenvalue weighted by Crippen LogP contribution is -2.42. The third-order valence-electron chi connectivity index (χ3n) is 3.06. The van der Waals surface area contributed by atoms with Crippen LogP contribution >= 0.6 is 12.4 Å². The zero-order valence-corrected chi connectivity index (χ0v) is 12.6. The maximum Gasteiger partial charge on any atom is 0.223 e. The molecule has 1 aliphatic rings. The molecule has 0 spiro atoms. The molecule has 1 atom stereocenters. The highest BCUT2D eigenvalue weighted by molar-refractivity contribution is 5.85. The number of ether oxygens (including phenoxy) is 2. The Morgan fingerprint density at radius 1 is 1.40 bits per heavy atom. The van der Waals surface area contributed by atoms with Crippen molar-refractivity contribution in [3.63, 3.8) is 0 Å². The summed E-state index contributed by atoms with van der Waals surface area (Å²) >= 11 is 0. The Labute approximate surface area is 125 Å². The van der Waals surface area contributed by atoms with Crippen molar-refractivity contribution in [2.24, 2.45) is 0 Å². The van der Waals surface area contributed by atoms with Crippen molar-refractivity contribution in [2.45, 2.75) is 12.5 Å². The second-order valence-electron chi connectivity index (χ2n) is 4.63. The minimum Gasteiger partial charge on any atom is -0.486 e. The fourth-order valence-electron chi connectivity index (χ4n) is 1.98. The van der Waals surface area contributed by atoms with Crippen molar-refractivity contribution < 1.29 is 14.3 Å². The Kier molecular flexibility index (Phi) is 6.61. The van der Waals surface area contributed by atoms with E-state index in [1.54, 1.807) is 11.9 Å². The molecule has 112 valence electrons. The highest BCUT2D eigenvalue weighted by Crippen LogP contribution is 2.30. The summed E-state index contributed by atoms with van der Waals surface area (Å²) in [6, 6.07) is 7.58. The number of benzene rings is 1. The predicted molar refractivity (Wildman–Crippen MR) is 79.8 cm³/mol. The number of amides is 1. The highest BCUT2D eigenvalue weighted by Gasteiger charge is 2.23. The monoisotopic (exact) mass is 300 g/mol. The summed E-state index contributed by atoms with van der Waals surface area (Å²) in [5.41, 5.74) is 0. The molecule has 0 fully saturated rings. The zero-order valence-electron chi connectivity index (χ0n) is 11.8. The zero-order chi connectivity index (χ0) is 13.7. The molecule has 0 radical (unpaired) electrons. The molecular weight excluding hydrogens is 280 g/mol. The van der Waals surface area contributed by atoms with Crippen LogP contribution in [0.5, 0.6) is 11.5 Å². The first-order chi connectivity index (χ1) is 9.20. The van der Waals surface area contributed by atoms with Crippen molar-refractivity contribution >= 4 is 18.3 Å². The number of para-hydroxylation sites is 2. The van der Waals surface area contributed by atoms with E-state index in [4.69, 9.17) is 9.47 Å². The van der Waals surface area contributed by atoms with E-state index < -0.39 is 0 Å². The summed E-state index contributed by atoms with van der Waals surface area (Å²) in [4.78, 5) is 13.5. The number of fused-ring (bicyclic) bond motifs is 1. The Morgan fingerprint density at radius 3 is 2.80 bits per heavy atom. The van der Waals surface area contributed by atoms with Crippen molar-refractivity contribution in [2.75, 3.05) is 33.8 Å². The molecule has 1 unspecified atom stereocenters.